The van der Waals surface area contributed by atoms with Crippen molar-refractivity contribution in [3.05, 3.63) is 97.1 Å². The molecule has 0 aliphatic carbocycles. The van der Waals surface area contributed by atoms with Crippen LogP contribution in [-0.4, -0.2) is 17.1 Å². The third-order valence-corrected chi connectivity index (χ3v) is 4.28. The zero-order valence-electron chi connectivity index (χ0n) is 18.7. The second-order valence-corrected chi connectivity index (χ2v) is 7.01. The molecule has 4 nitrogen and oxygen atoms in total. The van der Waals surface area contributed by atoms with Crippen molar-refractivity contribution in [1.82, 2.24) is 5.32 Å². The minimum absolute atomic E-state index is 0.0984. The predicted molar refractivity (Wildman–Crippen MR) is 129 cm³/mol. The summed E-state index contributed by atoms with van der Waals surface area (Å²) >= 11 is 0. The van der Waals surface area contributed by atoms with Gasteiger partial charge in [0.2, 0.25) is 5.91 Å². The van der Waals surface area contributed by atoms with Crippen LogP contribution in [0.5, 0.6) is 0 Å². The second-order valence-electron chi connectivity index (χ2n) is 7.01. The Labute approximate surface area is 187 Å². The highest BCUT2D eigenvalue weighted by molar-refractivity contribution is 5.75. The molecule has 0 aliphatic rings. The molecule has 1 rings (SSSR count). The van der Waals surface area contributed by atoms with E-state index in [1.165, 1.54) is 0 Å². The van der Waals surface area contributed by atoms with Crippen LogP contribution in [0.3, 0.4) is 0 Å². The number of carbonyl (C=O) groups excluding carboxylic acids is 1. The molecule has 0 aromatic carbocycles. The van der Waals surface area contributed by atoms with Crippen LogP contribution >= 0.6 is 0 Å². The lowest BCUT2D eigenvalue weighted by molar-refractivity contribution is -0.121. The van der Waals surface area contributed by atoms with E-state index in [4.69, 9.17) is 4.42 Å². The van der Waals surface area contributed by atoms with Crippen LogP contribution < -0.4 is 5.32 Å². The molecule has 4 heteroatoms. The molecule has 0 saturated carbocycles. The summed E-state index contributed by atoms with van der Waals surface area (Å²) in [4.78, 5) is 11.7. The van der Waals surface area contributed by atoms with E-state index in [-0.39, 0.29) is 12.3 Å². The fraction of sp³-hybridized carbons (Fsp3) is 0.370. The fourth-order valence-electron chi connectivity index (χ4n) is 2.57. The van der Waals surface area contributed by atoms with Gasteiger partial charge in [-0.15, -0.1) is 0 Å². The summed E-state index contributed by atoms with van der Waals surface area (Å²) in [5, 5.41) is 12.7. The predicted octanol–water partition coefficient (Wildman–Crippen LogP) is 6.34. The summed E-state index contributed by atoms with van der Waals surface area (Å²) in [6.45, 7) is 2.52. The molecule has 0 radical (unpaired) electrons. The van der Waals surface area contributed by atoms with Crippen LogP contribution in [0.1, 0.15) is 57.6 Å². The van der Waals surface area contributed by atoms with Gasteiger partial charge in [0.25, 0.3) is 0 Å². The maximum absolute atomic E-state index is 11.7. The minimum Gasteiger partial charge on any atom is -0.467 e. The molecule has 1 atom stereocenters. The molecular formula is C27H37NO3. The highest BCUT2D eigenvalue weighted by Crippen LogP contribution is 2.02. The average Bonchev–Trinajstić information content (AvgIpc) is 3.29. The van der Waals surface area contributed by atoms with Crippen LogP contribution in [0.2, 0.25) is 0 Å². The topological polar surface area (TPSA) is 62.5 Å². The number of hydrogen-bond acceptors (Lipinski definition) is 3. The minimum atomic E-state index is -0.628. The van der Waals surface area contributed by atoms with Crippen LogP contribution in [0, 0.1) is 0 Å². The number of allylic oxidation sites excluding steroid dienone is 11. The second kappa shape index (κ2) is 19.1. The molecule has 31 heavy (non-hydrogen) atoms. The Kier molecular flexibility index (Phi) is 16.2. The first-order chi connectivity index (χ1) is 15.2. The first-order valence-corrected chi connectivity index (χ1v) is 11.1. The van der Waals surface area contributed by atoms with Crippen molar-refractivity contribution in [2.75, 3.05) is 0 Å². The molecule has 1 aromatic heterocycles. The first-order valence-electron chi connectivity index (χ1n) is 11.1. The Morgan fingerprint density at radius 2 is 1.58 bits per heavy atom. The van der Waals surface area contributed by atoms with Crippen LogP contribution in [0.15, 0.2) is 95.7 Å². The largest absolute Gasteiger partial charge is 0.467 e. The molecule has 2 N–H and O–H groups in total. The van der Waals surface area contributed by atoms with E-state index < -0.39 is 6.10 Å². The van der Waals surface area contributed by atoms with Crippen LogP contribution in [-0.2, 0) is 11.3 Å². The highest BCUT2D eigenvalue weighted by atomic mass is 16.3. The van der Waals surface area contributed by atoms with E-state index in [1.807, 2.05) is 24.3 Å². The smallest absolute Gasteiger partial charge is 0.220 e. The van der Waals surface area contributed by atoms with Gasteiger partial charge >= 0.3 is 0 Å². The Bertz CT molecular complexity index is 737. The molecule has 0 spiro atoms. The van der Waals surface area contributed by atoms with E-state index in [2.05, 4.69) is 60.8 Å². The Morgan fingerprint density at radius 1 is 0.968 bits per heavy atom. The molecule has 1 unspecified atom stereocenters. The third kappa shape index (κ3) is 16.6. The number of hydrogen-bond donors (Lipinski definition) is 2. The summed E-state index contributed by atoms with van der Waals surface area (Å²) in [7, 11) is 0. The van der Waals surface area contributed by atoms with E-state index in [0.717, 1.165) is 32.1 Å². The number of nitrogens with one attached hydrogen (secondary N) is 1. The van der Waals surface area contributed by atoms with Crippen molar-refractivity contribution in [2.24, 2.45) is 0 Å². The Morgan fingerprint density at radius 3 is 2.16 bits per heavy atom. The lowest BCUT2D eigenvalue weighted by atomic mass is 10.1. The molecule has 0 fully saturated rings. The number of aliphatic hydroxyl groups excluding tert-OH is 1. The maximum atomic E-state index is 11.7. The van der Waals surface area contributed by atoms with Gasteiger partial charge in [0.15, 0.2) is 0 Å². The Balaban J connectivity index is 2.03. The SMILES string of the molecule is CC/C=C\C/C=C\C/C=C\C/C=C\C/C=C\C=C\C(O)CCC(=O)NCc1ccco1. The van der Waals surface area contributed by atoms with Crippen molar-refractivity contribution < 1.29 is 14.3 Å². The maximum Gasteiger partial charge on any atom is 0.220 e. The molecule has 1 aromatic rings. The first kappa shape index (κ1) is 26.2. The molecule has 1 amide bonds. The molecule has 0 saturated heterocycles. The summed E-state index contributed by atoms with van der Waals surface area (Å²) in [5.74, 6) is 0.617. The zero-order valence-corrected chi connectivity index (χ0v) is 18.7. The molecule has 0 bridgehead atoms. The highest BCUT2D eigenvalue weighted by Gasteiger charge is 2.05. The van der Waals surface area contributed by atoms with E-state index >= 15 is 0 Å². The zero-order chi connectivity index (χ0) is 22.4. The lowest BCUT2D eigenvalue weighted by Crippen LogP contribution is -2.23. The van der Waals surface area contributed by atoms with Gasteiger partial charge in [-0.2, -0.15) is 0 Å². The fourth-order valence-corrected chi connectivity index (χ4v) is 2.57. The standard InChI is InChI=1S/C27H37NO3/c1-2-3-4-5-6-7-8-9-10-11-12-13-14-15-16-17-19-25(29)21-22-27(30)28-24-26-20-18-23-31-26/h3-4,6-7,9-10,12-13,15-20,23,25,29H,2,5,8,11,14,21-22,24H2,1H3,(H,28,30)/b4-3-,7-6-,10-9-,13-12-,16-15-,19-17+. The van der Waals surface area contributed by atoms with E-state index in [9.17, 15) is 9.90 Å². The van der Waals surface area contributed by atoms with Gasteiger partial charge in [-0.25, -0.2) is 0 Å². The van der Waals surface area contributed by atoms with Gasteiger partial charge in [-0.3, -0.25) is 4.79 Å². The molecule has 0 aliphatic heterocycles. The summed E-state index contributed by atoms with van der Waals surface area (Å²) in [5.41, 5.74) is 0. The monoisotopic (exact) mass is 423 g/mol. The summed E-state index contributed by atoms with van der Waals surface area (Å²) in [6.07, 6.45) is 31.4. The lowest BCUT2D eigenvalue weighted by Gasteiger charge is -2.05. The van der Waals surface area contributed by atoms with Crippen molar-refractivity contribution >= 4 is 5.91 Å². The van der Waals surface area contributed by atoms with Crippen molar-refractivity contribution in [1.29, 1.82) is 0 Å². The average molecular weight is 424 g/mol. The summed E-state index contributed by atoms with van der Waals surface area (Å²) in [6, 6.07) is 3.59. The quantitative estimate of drug-likeness (QED) is 0.241. The van der Waals surface area contributed by atoms with Crippen molar-refractivity contribution in [2.45, 2.75) is 64.5 Å². The van der Waals surface area contributed by atoms with Gasteiger partial charge in [-0.1, -0.05) is 79.8 Å². The van der Waals surface area contributed by atoms with E-state index in [1.54, 1.807) is 18.4 Å². The summed E-state index contributed by atoms with van der Waals surface area (Å²) < 4.78 is 5.15. The molecular weight excluding hydrogens is 386 g/mol. The van der Waals surface area contributed by atoms with Crippen LogP contribution in [0.4, 0.5) is 0 Å². The normalized spacial score (nSPS) is 13.7. The van der Waals surface area contributed by atoms with E-state index in [0.29, 0.717) is 18.7 Å². The number of furan rings is 1. The number of carbonyl (C=O) groups is 1. The van der Waals surface area contributed by atoms with Crippen molar-refractivity contribution in [3.63, 3.8) is 0 Å². The molecule has 1 heterocycles. The number of aliphatic hydroxyl groups is 1. The van der Waals surface area contributed by atoms with Crippen molar-refractivity contribution in [3.8, 4) is 0 Å². The number of amides is 1. The molecule has 168 valence electrons. The Hall–Kier alpha value is -2.85. The van der Waals surface area contributed by atoms with Gasteiger partial charge in [0.05, 0.1) is 18.9 Å². The number of rotatable bonds is 16. The third-order valence-electron chi connectivity index (χ3n) is 4.28. The van der Waals surface area contributed by atoms with Gasteiger partial charge in [-0.05, 0) is 50.7 Å². The van der Waals surface area contributed by atoms with Gasteiger partial charge < -0.3 is 14.8 Å². The van der Waals surface area contributed by atoms with Gasteiger partial charge in [0.1, 0.15) is 5.76 Å². The van der Waals surface area contributed by atoms with Gasteiger partial charge in [0, 0.05) is 6.42 Å². The van der Waals surface area contributed by atoms with Crippen LogP contribution in [0.25, 0.3) is 0 Å².